The summed E-state index contributed by atoms with van der Waals surface area (Å²) in [5.74, 6) is 1.09. The molecule has 1 saturated heterocycles. The molecule has 2 atom stereocenters. The first-order valence-electron chi connectivity index (χ1n) is 7.03. The molecule has 0 N–H and O–H groups in total. The summed E-state index contributed by atoms with van der Waals surface area (Å²) in [6.07, 6.45) is 0.726. The summed E-state index contributed by atoms with van der Waals surface area (Å²) in [6, 6.07) is -0.485. The molecule has 3 rings (SSSR count). The van der Waals surface area contributed by atoms with E-state index in [0.717, 1.165) is 0 Å². The van der Waals surface area contributed by atoms with E-state index < -0.39 is 6.04 Å². The third-order valence-electron chi connectivity index (χ3n) is 3.73. The molecule has 1 aromatic rings. The maximum atomic E-state index is 12.1. The summed E-state index contributed by atoms with van der Waals surface area (Å²) >= 11 is 0. The third kappa shape index (κ3) is 2.10. The first-order chi connectivity index (χ1) is 10.0. The van der Waals surface area contributed by atoms with Gasteiger partial charge in [-0.1, -0.05) is 6.92 Å². The second-order valence-electron chi connectivity index (χ2n) is 5.27. The highest BCUT2D eigenvalue weighted by atomic mass is 16.5. The first-order valence-corrected chi connectivity index (χ1v) is 7.03. The van der Waals surface area contributed by atoms with Gasteiger partial charge in [0.15, 0.2) is 11.6 Å². The molecule has 1 fully saturated rings. The molecule has 1 aromatic heterocycles. The first kappa shape index (κ1) is 13.7. The van der Waals surface area contributed by atoms with Crippen LogP contribution in [-0.4, -0.2) is 44.1 Å². The Morgan fingerprint density at radius 1 is 1.38 bits per heavy atom. The van der Waals surface area contributed by atoms with Crippen LogP contribution in [0, 0.1) is 5.92 Å². The van der Waals surface area contributed by atoms with E-state index in [-0.39, 0.29) is 24.2 Å². The van der Waals surface area contributed by atoms with Crippen molar-refractivity contribution in [2.75, 3.05) is 6.61 Å². The SMILES string of the molecule is CCOC1=Nn2c(nnc2C(C)N2C(=O)CC(C)C2=O)C1. The summed E-state index contributed by atoms with van der Waals surface area (Å²) in [7, 11) is 0. The molecular formula is C13H17N5O3. The van der Waals surface area contributed by atoms with E-state index in [1.807, 2.05) is 6.92 Å². The lowest BCUT2D eigenvalue weighted by Gasteiger charge is -2.21. The van der Waals surface area contributed by atoms with Crippen molar-refractivity contribution in [3.05, 3.63) is 11.6 Å². The topological polar surface area (TPSA) is 89.7 Å². The number of fused-ring (bicyclic) bond motifs is 1. The minimum Gasteiger partial charge on any atom is -0.480 e. The zero-order chi connectivity index (χ0) is 15.1. The van der Waals surface area contributed by atoms with Gasteiger partial charge in [0.1, 0.15) is 0 Å². The molecule has 0 radical (unpaired) electrons. The van der Waals surface area contributed by atoms with Crippen LogP contribution in [0.15, 0.2) is 5.10 Å². The van der Waals surface area contributed by atoms with Gasteiger partial charge >= 0.3 is 0 Å². The molecule has 112 valence electrons. The predicted octanol–water partition coefficient (Wildman–Crippen LogP) is 0.488. The fraction of sp³-hybridized carbons (Fsp3) is 0.615. The van der Waals surface area contributed by atoms with Crippen LogP contribution in [0.2, 0.25) is 0 Å². The number of likely N-dealkylation sites (tertiary alicyclic amines) is 1. The minimum absolute atomic E-state index is 0.170. The van der Waals surface area contributed by atoms with Crippen molar-refractivity contribution >= 4 is 17.7 Å². The molecule has 2 aliphatic rings. The smallest absolute Gasteiger partial charge is 0.233 e. The number of hydrogen-bond donors (Lipinski definition) is 0. The second-order valence-corrected chi connectivity index (χ2v) is 5.27. The van der Waals surface area contributed by atoms with Crippen molar-refractivity contribution in [3.63, 3.8) is 0 Å². The van der Waals surface area contributed by atoms with E-state index in [9.17, 15) is 9.59 Å². The number of aromatic nitrogens is 3. The lowest BCUT2D eigenvalue weighted by molar-refractivity contribution is -0.142. The Balaban J connectivity index is 1.89. The number of nitrogens with zero attached hydrogens (tertiary/aromatic N) is 5. The predicted molar refractivity (Wildman–Crippen MR) is 72.2 cm³/mol. The zero-order valence-electron chi connectivity index (χ0n) is 12.2. The van der Waals surface area contributed by atoms with Crippen LogP contribution >= 0.6 is 0 Å². The van der Waals surface area contributed by atoms with Gasteiger partial charge in [-0.05, 0) is 13.8 Å². The standard InChI is InChI=1S/C13H17N5O3/c1-4-21-10-6-9-14-15-12(18(9)16-10)8(3)17-11(19)5-7(2)13(17)20/h7-8H,4-6H2,1-3H3. The lowest BCUT2D eigenvalue weighted by Crippen LogP contribution is -2.34. The number of carbonyl (C=O) groups is 2. The Hall–Kier alpha value is -2.25. The number of carbonyl (C=O) groups excluding carboxylic acids is 2. The van der Waals surface area contributed by atoms with Gasteiger partial charge in [0, 0.05) is 12.3 Å². The molecule has 3 heterocycles. The Kier molecular flexibility index (Phi) is 3.23. The molecule has 8 heteroatoms. The van der Waals surface area contributed by atoms with Crippen LogP contribution in [0.4, 0.5) is 0 Å². The molecule has 21 heavy (non-hydrogen) atoms. The van der Waals surface area contributed by atoms with E-state index >= 15 is 0 Å². The Morgan fingerprint density at radius 3 is 2.76 bits per heavy atom. The van der Waals surface area contributed by atoms with Crippen molar-refractivity contribution in [1.82, 2.24) is 19.8 Å². The van der Waals surface area contributed by atoms with Crippen molar-refractivity contribution in [2.24, 2.45) is 11.0 Å². The molecule has 2 aliphatic heterocycles. The van der Waals surface area contributed by atoms with Gasteiger partial charge in [0.25, 0.3) is 0 Å². The van der Waals surface area contributed by atoms with Crippen LogP contribution in [0.25, 0.3) is 0 Å². The molecule has 0 aromatic carbocycles. The number of imide groups is 1. The van der Waals surface area contributed by atoms with Gasteiger partial charge < -0.3 is 4.74 Å². The van der Waals surface area contributed by atoms with Gasteiger partial charge in [-0.15, -0.1) is 15.3 Å². The average Bonchev–Trinajstić information content (AvgIpc) is 3.04. The monoisotopic (exact) mass is 291 g/mol. The number of amides is 2. The van der Waals surface area contributed by atoms with Gasteiger partial charge in [0.05, 0.1) is 19.1 Å². The van der Waals surface area contributed by atoms with E-state index in [2.05, 4.69) is 15.3 Å². The van der Waals surface area contributed by atoms with Crippen molar-refractivity contribution in [2.45, 2.75) is 39.7 Å². The van der Waals surface area contributed by atoms with Crippen molar-refractivity contribution in [1.29, 1.82) is 0 Å². The Bertz CT molecular complexity index is 636. The molecule has 0 aliphatic carbocycles. The fourth-order valence-corrected chi connectivity index (χ4v) is 2.66. The number of hydrogen-bond acceptors (Lipinski definition) is 6. The zero-order valence-corrected chi connectivity index (χ0v) is 12.2. The second kappa shape index (κ2) is 4.94. The van der Waals surface area contributed by atoms with Crippen LogP contribution in [-0.2, 0) is 20.7 Å². The highest BCUT2D eigenvalue weighted by molar-refractivity contribution is 6.03. The summed E-state index contributed by atoms with van der Waals surface area (Å²) in [6.45, 7) is 5.93. The maximum Gasteiger partial charge on any atom is 0.233 e. The molecule has 0 saturated carbocycles. The van der Waals surface area contributed by atoms with Gasteiger partial charge in [-0.2, -0.15) is 4.68 Å². The lowest BCUT2D eigenvalue weighted by atomic mass is 10.1. The average molecular weight is 291 g/mol. The van der Waals surface area contributed by atoms with Gasteiger partial charge in [0.2, 0.25) is 17.7 Å². The number of rotatable bonds is 3. The molecule has 0 bridgehead atoms. The summed E-state index contributed by atoms with van der Waals surface area (Å²) < 4.78 is 6.95. The van der Waals surface area contributed by atoms with Gasteiger partial charge in [-0.3, -0.25) is 14.5 Å². The fourth-order valence-electron chi connectivity index (χ4n) is 2.66. The Morgan fingerprint density at radius 2 is 2.14 bits per heavy atom. The van der Waals surface area contributed by atoms with Crippen molar-refractivity contribution < 1.29 is 14.3 Å². The Labute approximate surface area is 121 Å². The third-order valence-corrected chi connectivity index (χ3v) is 3.73. The quantitative estimate of drug-likeness (QED) is 0.756. The molecule has 8 nitrogen and oxygen atoms in total. The van der Waals surface area contributed by atoms with Crippen LogP contribution < -0.4 is 0 Å². The van der Waals surface area contributed by atoms with E-state index in [0.29, 0.717) is 30.6 Å². The summed E-state index contributed by atoms with van der Waals surface area (Å²) in [5, 5.41) is 12.4. The maximum absolute atomic E-state index is 12.1. The largest absolute Gasteiger partial charge is 0.480 e. The van der Waals surface area contributed by atoms with Gasteiger partial charge in [-0.25, -0.2) is 0 Å². The van der Waals surface area contributed by atoms with E-state index in [1.54, 1.807) is 18.5 Å². The highest BCUT2D eigenvalue weighted by Gasteiger charge is 2.41. The van der Waals surface area contributed by atoms with E-state index in [4.69, 9.17) is 4.74 Å². The van der Waals surface area contributed by atoms with E-state index in [1.165, 1.54) is 4.90 Å². The molecule has 2 amide bonds. The minimum atomic E-state index is -0.485. The van der Waals surface area contributed by atoms with Crippen molar-refractivity contribution in [3.8, 4) is 0 Å². The van der Waals surface area contributed by atoms with Crippen LogP contribution in [0.1, 0.15) is 44.9 Å². The summed E-state index contributed by atoms with van der Waals surface area (Å²) in [5.41, 5.74) is 0. The number of ether oxygens (including phenoxy) is 1. The highest BCUT2D eigenvalue weighted by Crippen LogP contribution is 2.29. The normalized spacial score (nSPS) is 22.5. The summed E-state index contributed by atoms with van der Waals surface area (Å²) in [4.78, 5) is 25.4. The van der Waals surface area contributed by atoms with Crippen LogP contribution in [0.3, 0.4) is 0 Å². The molecule has 2 unspecified atom stereocenters. The molecular weight excluding hydrogens is 274 g/mol. The molecule has 0 spiro atoms. The van der Waals surface area contributed by atoms with Crippen LogP contribution in [0.5, 0.6) is 0 Å².